The van der Waals surface area contributed by atoms with E-state index in [1.165, 1.54) is 18.2 Å². The van der Waals surface area contributed by atoms with E-state index in [1.807, 2.05) is 0 Å². The summed E-state index contributed by atoms with van der Waals surface area (Å²) in [5.74, 6) is -2.88. The Balaban J connectivity index is 2.43. The zero-order chi connectivity index (χ0) is 14.0. The van der Waals surface area contributed by atoms with E-state index in [0.29, 0.717) is 0 Å². The number of benzene rings is 1. The summed E-state index contributed by atoms with van der Waals surface area (Å²) in [5, 5.41) is 3.68. The Kier molecular flexibility index (Phi) is 3.37. The van der Waals surface area contributed by atoms with E-state index in [4.69, 9.17) is 5.73 Å². The van der Waals surface area contributed by atoms with Gasteiger partial charge in [-0.05, 0) is 12.1 Å². The third kappa shape index (κ3) is 2.65. The number of rotatable bonds is 3. The molecule has 0 radical (unpaired) electrons. The largest absolute Gasteiger partial charge is 0.364 e. The lowest BCUT2D eigenvalue weighted by molar-refractivity contribution is 0.0993. The lowest BCUT2D eigenvalue weighted by Gasteiger charge is -2.07. The van der Waals surface area contributed by atoms with Crippen molar-refractivity contribution in [1.82, 2.24) is 9.78 Å². The molecule has 0 saturated heterocycles. The smallest absolute Gasteiger partial charge is 0.269 e. The second kappa shape index (κ2) is 4.97. The van der Waals surface area contributed by atoms with E-state index in [-0.39, 0.29) is 17.8 Å². The van der Waals surface area contributed by atoms with Crippen molar-refractivity contribution in [3.05, 3.63) is 63.6 Å². The standard InChI is InChI=1S/C12H9F2N3O2/c13-8-3-1-2-7(11(8)14)6-17-10(18)5-4-9(16-17)12(15)19/h1-5H,6H2,(H2,15,19). The normalized spacial score (nSPS) is 10.4. The van der Waals surface area contributed by atoms with Crippen LogP contribution in [0.3, 0.4) is 0 Å². The van der Waals surface area contributed by atoms with Crippen molar-refractivity contribution >= 4 is 5.91 Å². The highest BCUT2D eigenvalue weighted by molar-refractivity contribution is 5.90. The van der Waals surface area contributed by atoms with E-state index in [2.05, 4.69) is 5.10 Å². The number of hydrogen-bond acceptors (Lipinski definition) is 3. The number of primary amides is 1. The summed E-state index contributed by atoms with van der Waals surface area (Å²) in [6, 6.07) is 5.86. The Bertz CT molecular complexity index is 698. The molecule has 1 heterocycles. The number of carbonyl (C=O) groups excluding carboxylic acids is 1. The van der Waals surface area contributed by atoms with Crippen LogP contribution in [0.25, 0.3) is 0 Å². The second-order valence-corrected chi connectivity index (χ2v) is 3.79. The maximum absolute atomic E-state index is 13.5. The van der Waals surface area contributed by atoms with Crippen molar-refractivity contribution in [1.29, 1.82) is 0 Å². The van der Waals surface area contributed by atoms with Crippen LogP contribution in [0.4, 0.5) is 8.78 Å². The van der Waals surface area contributed by atoms with Crippen molar-refractivity contribution < 1.29 is 13.6 Å². The van der Waals surface area contributed by atoms with Crippen molar-refractivity contribution in [3.8, 4) is 0 Å². The molecule has 1 amide bonds. The number of carbonyl (C=O) groups is 1. The summed E-state index contributed by atoms with van der Waals surface area (Å²) in [5.41, 5.74) is 4.31. The minimum absolute atomic E-state index is 0.0452. The SMILES string of the molecule is NC(=O)c1ccc(=O)n(Cc2cccc(F)c2F)n1. The molecule has 98 valence electrons. The van der Waals surface area contributed by atoms with Gasteiger partial charge in [0.1, 0.15) is 5.69 Å². The third-order valence-electron chi connectivity index (χ3n) is 2.47. The van der Waals surface area contributed by atoms with E-state index in [0.717, 1.165) is 16.8 Å². The van der Waals surface area contributed by atoms with Gasteiger partial charge in [0.25, 0.3) is 11.5 Å². The second-order valence-electron chi connectivity index (χ2n) is 3.79. The number of nitrogens with two attached hydrogens (primary N) is 1. The van der Waals surface area contributed by atoms with Gasteiger partial charge in [0.15, 0.2) is 11.6 Å². The van der Waals surface area contributed by atoms with Crippen LogP contribution < -0.4 is 11.3 Å². The fourth-order valence-corrected chi connectivity index (χ4v) is 1.53. The van der Waals surface area contributed by atoms with Gasteiger partial charge in [0, 0.05) is 11.6 Å². The molecular weight excluding hydrogens is 256 g/mol. The first-order valence-corrected chi connectivity index (χ1v) is 5.30. The van der Waals surface area contributed by atoms with Gasteiger partial charge < -0.3 is 5.73 Å². The van der Waals surface area contributed by atoms with Gasteiger partial charge in [-0.1, -0.05) is 12.1 Å². The molecule has 0 spiro atoms. The lowest BCUT2D eigenvalue weighted by Crippen LogP contribution is -2.27. The van der Waals surface area contributed by atoms with Crippen molar-refractivity contribution in [2.24, 2.45) is 5.73 Å². The Hall–Kier alpha value is -2.57. The summed E-state index contributed by atoms with van der Waals surface area (Å²) >= 11 is 0. The van der Waals surface area contributed by atoms with Crippen molar-refractivity contribution in [3.63, 3.8) is 0 Å². The quantitative estimate of drug-likeness (QED) is 0.885. The molecule has 0 saturated carbocycles. The number of halogens is 2. The van der Waals surface area contributed by atoms with E-state index < -0.39 is 23.1 Å². The monoisotopic (exact) mass is 265 g/mol. The van der Waals surface area contributed by atoms with Gasteiger partial charge in [-0.25, -0.2) is 13.5 Å². The zero-order valence-electron chi connectivity index (χ0n) is 9.64. The predicted molar refractivity (Wildman–Crippen MR) is 62.5 cm³/mol. The molecule has 2 rings (SSSR count). The Morgan fingerprint density at radius 2 is 2.00 bits per heavy atom. The third-order valence-corrected chi connectivity index (χ3v) is 2.47. The molecular formula is C12H9F2N3O2. The van der Waals surface area contributed by atoms with Crippen LogP contribution in [0.1, 0.15) is 16.1 Å². The van der Waals surface area contributed by atoms with Crippen LogP contribution >= 0.6 is 0 Å². The molecule has 0 unspecified atom stereocenters. The molecule has 2 aromatic rings. The summed E-state index contributed by atoms with van der Waals surface area (Å²) in [4.78, 5) is 22.5. The van der Waals surface area contributed by atoms with Crippen LogP contribution in [0, 0.1) is 11.6 Å². The van der Waals surface area contributed by atoms with Crippen LogP contribution in [0.15, 0.2) is 35.1 Å². The summed E-state index contributed by atoms with van der Waals surface area (Å²) in [6.07, 6.45) is 0. The molecule has 1 aromatic carbocycles. The molecule has 19 heavy (non-hydrogen) atoms. The maximum atomic E-state index is 13.5. The molecule has 7 heteroatoms. The topological polar surface area (TPSA) is 78.0 Å². The fraction of sp³-hybridized carbons (Fsp3) is 0.0833. The van der Waals surface area contributed by atoms with Gasteiger partial charge >= 0.3 is 0 Å². The van der Waals surface area contributed by atoms with Crippen LogP contribution in [-0.4, -0.2) is 15.7 Å². The van der Waals surface area contributed by atoms with Crippen LogP contribution in [0.2, 0.25) is 0 Å². The summed E-state index contributed by atoms with van der Waals surface area (Å²) in [7, 11) is 0. The first-order chi connectivity index (χ1) is 8.99. The maximum Gasteiger partial charge on any atom is 0.269 e. The average molecular weight is 265 g/mol. The van der Waals surface area contributed by atoms with E-state index in [9.17, 15) is 18.4 Å². The molecule has 0 aliphatic rings. The van der Waals surface area contributed by atoms with Crippen molar-refractivity contribution in [2.75, 3.05) is 0 Å². The highest BCUT2D eigenvalue weighted by Crippen LogP contribution is 2.11. The highest BCUT2D eigenvalue weighted by Gasteiger charge is 2.11. The van der Waals surface area contributed by atoms with Gasteiger partial charge in [-0.3, -0.25) is 9.59 Å². The molecule has 1 aromatic heterocycles. The average Bonchev–Trinajstić information content (AvgIpc) is 2.37. The minimum Gasteiger partial charge on any atom is -0.364 e. The van der Waals surface area contributed by atoms with Gasteiger partial charge in [0.2, 0.25) is 0 Å². The Morgan fingerprint density at radius 3 is 2.68 bits per heavy atom. The molecule has 0 aliphatic heterocycles. The Labute approximate surface area is 106 Å². The predicted octanol–water partition coefficient (Wildman–Crippen LogP) is 0.669. The van der Waals surface area contributed by atoms with Crippen LogP contribution in [0.5, 0.6) is 0 Å². The summed E-state index contributed by atoms with van der Waals surface area (Å²) < 4.78 is 27.3. The summed E-state index contributed by atoms with van der Waals surface area (Å²) in [6.45, 7) is -0.288. The first kappa shape index (κ1) is 12.9. The molecule has 2 N–H and O–H groups in total. The Morgan fingerprint density at radius 1 is 1.26 bits per heavy atom. The minimum atomic E-state index is -1.05. The highest BCUT2D eigenvalue weighted by atomic mass is 19.2. The van der Waals surface area contributed by atoms with E-state index >= 15 is 0 Å². The number of hydrogen-bond donors (Lipinski definition) is 1. The first-order valence-electron chi connectivity index (χ1n) is 5.30. The molecule has 0 fully saturated rings. The molecule has 0 atom stereocenters. The van der Waals surface area contributed by atoms with Gasteiger partial charge in [-0.2, -0.15) is 5.10 Å². The molecule has 0 bridgehead atoms. The molecule has 0 aliphatic carbocycles. The van der Waals surface area contributed by atoms with E-state index in [1.54, 1.807) is 0 Å². The van der Waals surface area contributed by atoms with Crippen molar-refractivity contribution in [2.45, 2.75) is 6.54 Å². The fourth-order valence-electron chi connectivity index (χ4n) is 1.53. The zero-order valence-corrected chi connectivity index (χ0v) is 9.64. The van der Waals surface area contributed by atoms with Gasteiger partial charge in [0.05, 0.1) is 6.54 Å². The number of nitrogens with zero attached hydrogens (tertiary/aromatic N) is 2. The number of aromatic nitrogens is 2. The number of amides is 1. The lowest BCUT2D eigenvalue weighted by atomic mass is 10.2. The molecule has 5 nitrogen and oxygen atoms in total. The van der Waals surface area contributed by atoms with Gasteiger partial charge in [-0.15, -0.1) is 0 Å². The van der Waals surface area contributed by atoms with Crippen LogP contribution in [-0.2, 0) is 6.54 Å².